The van der Waals surface area contributed by atoms with Crippen molar-refractivity contribution in [2.75, 3.05) is 5.32 Å². The number of rotatable bonds is 10. The van der Waals surface area contributed by atoms with Crippen LogP contribution in [0.1, 0.15) is 59.3 Å². The van der Waals surface area contributed by atoms with Crippen molar-refractivity contribution in [1.29, 1.82) is 0 Å². The van der Waals surface area contributed by atoms with Gasteiger partial charge in [-0.25, -0.2) is 4.79 Å². The molecule has 1 aromatic rings. The molecule has 0 bridgehead atoms. The Morgan fingerprint density at radius 3 is 2.49 bits per heavy atom. The second kappa shape index (κ2) is 11.2. The van der Waals surface area contributed by atoms with E-state index in [9.17, 15) is 39.2 Å². The van der Waals surface area contributed by atoms with Crippen LogP contribution in [0, 0.1) is 0 Å². The molecule has 198 valence electrons. The molecule has 0 radical (unpaired) electrons. The first-order chi connectivity index (χ1) is 16.1. The first-order valence-electron chi connectivity index (χ1n) is 10.9. The van der Waals surface area contributed by atoms with Gasteiger partial charge in [0.25, 0.3) is 0 Å². The topological polar surface area (TPSA) is 207 Å². The van der Waals surface area contributed by atoms with Gasteiger partial charge in [-0.05, 0) is 20.3 Å². The average Bonchev–Trinajstić information content (AvgIpc) is 3.00. The number of aromatic nitrogens is 2. The van der Waals surface area contributed by atoms with Crippen molar-refractivity contribution in [3.63, 3.8) is 0 Å². The summed E-state index contributed by atoms with van der Waals surface area (Å²) in [6.45, 7) is 6.27. The van der Waals surface area contributed by atoms with E-state index >= 15 is 0 Å². The summed E-state index contributed by atoms with van der Waals surface area (Å²) in [5.74, 6) is -2.94. The smallest absolute Gasteiger partial charge is 0.356 e. The molecule has 15 heteroatoms. The highest BCUT2D eigenvalue weighted by molar-refractivity contribution is 7.53. The lowest BCUT2D eigenvalue weighted by atomic mass is 9.93. The third-order valence-electron chi connectivity index (χ3n) is 5.57. The van der Waals surface area contributed by atoms with E-state index in [1.807, 2.05) is 0 Å². The fourth-order valence-corrected chi connectivity index (χ4v) is 4.43. The molecule has 14 nitrogen and oxygen atoms in total. The van der Waals surface area contributed by atoms with Gasteiger partial charge < -0.3 is 39.5 Å². The molecule has 7 atom stereocenters. The average molecular weight is 521 g/mol. The van der Waals surface area contributed by atoms with E-state index in [0.717, 1.165) is 11.5 Å². The Morgan fingerprint density at radius 1 is 1.34 bits per heavy atom. The third kappa shape index (κ3) is 7.17. The van der Waals surface area contributed by atoms with E-state index in [2.05, 4.69) is 10.3 Å². The fourth-order valence-electron chi connectivity index (χ4n) is 3.44. The standard InChI is InChI=1S/C20H32N3O11P/c1-6-20(5,34-35(30,31)12(4)26)7-14-15(27)16(28)18(33-14)23-8-13(9-32-11(3)25)17(21-10(2)24)22-19(23)29/h8,12,14-16,18,26-28H,6-7,9H2,1-5H3,(H,30,31)(H,21,22,24,29)/t12-,14+,15+,16+,18+,20?/m0/s1. The van der Waals surface area contributed by atoms with Gasteiger partial charge in [-0.2, -0.15) is 4.98 Å². The van der Waals surface area contributed by atoms with Crippen molar-refractivity contribution in [2.24, 2.45) is 0 Å². The van der Waals surface area contributed by atoms with Crippen LogP contribution in [0.25, 0.3) is 0 Å². The van der Waals surface area contributed by atoms with E-state index in [1.165, 1.54) is 27.0 Å². The van der Waals surface area contributed by atoms with Gasteiger partial charge in [0.05, 0.1) is 11.7 Å². The Balaban J connectivity index is 2.36. The Labute approximate surface area is 201 Å². The predicted octanol–water partition coefficient (Wildman–Crippen LogP) is -0.0169. The Bertz CT molecular complexity index is 1050. The highest BCUT2D eigenvalue weighted by Gasteiger charge is 2.48. The number of ether oxygens (including phenoxy) is 2. The van der Waals surface area contributed by atoms with Crippen LogP contribution in [0.5, 0.6) is 0 Å². The van der Waals surface area contributed by atoms with Crippen molar-refractivity contribution in [2.45, 2.75) is 90.1 Å². The van der Waals surface area contributed by atoms with Crippen LogP contribution in [-0.4, -0.2) is 71.4 Å². The number of carbonyl (C=O) groups is 2. The Morgan fingerprint density at radius 2 is 1.97 bits per heavy atom. The molecule has 2 rings (SSSR count). The number of nitrogens with one attached hydrogen (secondary N) is 1. The first kappa shape index (κ1) is 29.0. The molecule has 35 heavy (non-hydrogen) atoms. The van der Waals surface area contributed by atoms with Crippen LogP contribution in [-0.2, 0) is 34.8 Å². The number of aliphatic hydroxyl groups is 3. The number of hydrogen-bond donors (Lipinski definition) is 5. The van der Waals surface area contributed by atoms with Gasteiger partial charge in [0.15, 0.2) is 12.1 Å². The van der Waals surface area contributed by atoms with Gasteiger partial charge in [-0.3, -0.25) is 18.7 Å². The minimum atomic E-state index is -4.40. The summed E-state index contributed by atoms with van der Waals surface area (Å²) >= 11 is 0. The SMILES string of the molecule is CCC(C)(C[C@H]1O[C@@H](n2cc(COC(C)=O)c(NC(C)=O)nc2=O)[C@H](O)[C@@H]1O)OP(=O)(O)[C@@H](C)O. The largest absolute Gasteiger partial charge is 0.461 e. The summed E-state index contributed by atoms with van der Waals surface area (Å²) in [5, 5.41) is 33.1. The van der Waals surface area contributed by atoms with Gasteiger partial charge in [-0.15, -0.1) is 0 Å². The van der Waals surface area contributed by atoms with Crippen molar-refractivity contribution < 1.29 is 48.4 Å². The molecule has 1 saturated heterocycles. The van der Waals surface area contributed by atoms with Crippen molar-refractivity contribution in [3.05, 3.63) is 22.2 Å². The molecule has 0 aromatic carbocycles. The van der Waals surface area contributed by atoms with E-state index in [4.69, 9.17) is 14.0 Å². The van der Waals surface area contributed by atoms with E-state index in [0.29, 0.717) is 0 Å². The molecule has 1 amide bonds. The summed E-state index contributed by atoms with van der Waals surface area (Å²) in [4.78, 5) is 49.1. The molecule has 0 saturated carbocycles. The number of esters is 1. The molecular formula is C20H32N3O11P. The molecular weight excluding hydrogens is 489 g/mol. The van der Waals surface area contributed by atoms with Crippen LogP contribution < -0.4 is 11.0 Å². The molecule has 0 aliphatic carbocycles. The maximum Gasteiger partial charge on any atom is 0.356 e. The van der Waals surface area contributed by atoms with Gasteiger partial charge >= 0.3 is 19.3 Å². The summed E-state index contributed by atoms with van der Waals surface area (Å²) in [5.41, 5.74) is -2.13. The van der Waals surface area contributed by atoms with Crippen molar-refractivity contribution >= 4 is 25.3 Å². The van der Waals surface area contributed by atoms with Crippen molar-refractivity contribution in [1.82, 2.24) is 9.55 Å². The number of nitrogens with zero attached hydrogens (tertiary/aromatic N) is 2. The zero-order valence-corrected chi connectivity index (χ0v) is 21.0. The number of aliphatic hydroxyl groups excluding tert-OH is 3. The van der Waals surface area contributed by atoms with E-state index in [-0.39, 0.29) is 30.8 Å². The van der Waals surface area contributed by atoms with E-state index < -0.39 is 61.1 Å². The van der Waals surface area contributed by atoms with Crippen LogP contribution in [0.3, 0.4) is 0 Å². The first-order valence-corrected chi connectivity index (χ1v) is 12.5. The van der Waals surface area contributed by atoms with Crippen LogP contribution in [0.15, 0.2) is 11.0 Å². The summed E-state index contributed by atoms with van der Waals surface area (Å²) in [6, 6.07) is 0. The molecule has 1 fully saturated rings. The fraction of sp³-hybridized carbons (Fsp3) is 0.700. The minimum absolute atomic E-state index is 0.128. The van der Waals surface area contributed by atoms with E-state index in [1.54, 1.807) is 6.92 Å². The summed E-state index contributed by atoms with van der Waals surface area (Å²) in [6.07, 6.45) is -4.47. The quantitative estimate of drug-likeness (QED) is 0.203. The lowest BCUT2D eigenvalue weighted by Crippen LogP contribution is -2.39. The molecule has 2 unspecified atom stereocenters. The minimum Gasteiger partial charge on any atom is -0.461 e. The molecule has 2 heterocycles. The molecule has 5 N–H and O–H groups in total. The lowest BCUT2D eigenvalue weighted by molar-refractivity contribution is -0.142. The predicted molar refractivity (Wildman–Crippen MR) is 120 cm³/mol. The zero-order chi connectivity index (χ0) is 26.7. The number of anilines is 1. The summed E-state index contributed by atoms with van der Waals surface area (Å²) in [7, 11) is -4.40. The molecule has 1 aliphatic rings. The van der Waals surface area contributed by atoms with Crippen LogP contribution in [0.4, 0.5) is 5.82 Å². The van der Waals surface area contributed by atoms with Crippen LogP contribution >= 0.6 is 7.60 Å². The summed E-state index contributed by atoms with van der Waals surface area (Å²) < 4.78 is 29.1. The second-order valence-corrected chi connectivity index (χ2v) is 10.7. The number of amides is 1. The van der Waals surface area contributed by atoms with Gasteiger partial charge in [0.1, 0.15) is 24.6 Å². The number of carbonyl (C=O) groups excluding carboxylic acids is 2. The molecule has 1 aromatic heterocycles. The highest BCUT2D eigenvalue weighted by atomic mass is 31.2. The second-order valence-electron chi connectivity index (χ2n) is 8.61. The highest BCUT2D eigenvalue weighted by Crippen LogP contribution is 2.52. The third-order valence-corrected chi connectivity index (χ3v) is 7.22. The van der Waals surface area contributed by atoms with Gasteiger partial charge in [0, 0.05) is 32.0 Å². The van der Waals surface area contributed by atoms with Gasteiger partial charge in [-0.1, -0.05) is 6.92 Å². The lowest BCUT2D eigenvalue weighted by Gasteiger charge is -2.34. The zero-order valence-electron chi connectivity index (χ0n) is 20.1. The molecule has 0 spiro atoms. The number of hydrogen-bond acceptors (Lipinski definition) is 11. The molecule has 1 aliphatic heterocycles. The normalized spacial score (nSPS) is 26.4. The van der Waals surface area contributed by atoms with Crippen molar-refractivity contribution in [3.8, 4) is 0 Å². The van der Waals surface area contributed by atoms with Crippen LogP contribution in [0.2, 0.25) is 0 Å². The van der Waals surface area contributed by atoms with Gasteiger partial charge in [0.2, 0.25) is 5.91 Å². The Hall–Kier alpha value is -2.19. The monoisotopic (exact) mass is 521 g/mol. The maximum absolute atomic E-state index is 12.7. The maximum atomic E-state index is 12.7. The Kier molecular flexibility index (Phi) is 9.33.